The summed E-state index contributed by atoms with van der Waals surface area (Å²) >= 11 is 8.22. The van der Waals surface area contributed by atoms with Crippen LogP contribution < -0.4 is 11.1 Å². The van der Waals surface area contributed by atoms with E-state index in [1.165, 1.54) is 12.1 Å². The smallest absolute Gasteiger partial charge is 0.128 e. The molecule has 2 rings (SSSR count). The Hall–Kier alpha value is -1.53. The van der Waals surface area contributed by atoms with E-state index in [4.69, 9.17) is 18.0 Å². The number of anilines is 2. The molecule has 0 fully saturated rings. The molecule has 0 aliphatic carbocycles. The average Bonchev–Trinajstić information content (AvgIpc) is 2.26. The normalized spacial score (nSPS) is 10.3. The van der Waals surface area contributed by atoms with Gasteiger partial charge < -0.3 is 11.1 Å². The minimum atomic E-state index is -0.638. The molecule has 0 radical (unpaired) electrons. The van der Waals surface area contributed by atoms with Gasteiger partial charge in [0.1, 0.15) is 16.6 Å². The number of nitrogens with two attached hydrogens (primary N) is 1. The fraction of sp³-hybridized carbons (Fsp3) is 0. The summed E-state index contributed by atoms with van der Waals surface area (Å²) in [4.78, 5) is 0.273. The highest BCUT2D eigenvalue weighted by molar-refractivity contribution is 9.10. The number of rotatable bonds is 3. The van der Waals surface area contributed by atoms with E-state index >= 15 is 0 Å². The Kier molecular flexibility index (Phi) is 4.11. The first-order chi connectivity index (χ1) is 8.95. The molecule has 0 aromatic heterocycles. The van der Waals surface area contributed by atoms with Crippen molar-refractivity contribution in [3.63, 3.8) is 0 Å². The topological polar surface area (TPSA) is 38.0 Å². The zero-order chi connectivity index (χ0) is 14.0. The third kappa shape index (κ3) is 3.48. The molecule has 19 heavy (non-hydrogen) atoms. The van der Waals surface area contributed by atoms with E-state index in [1.807, 2.05) is 0 Å². The highest BCUT2D eigenvalue weighted by Crippen LogP contribution is 2.25. The highest BCUT2D eigenvalue weighted by atomic mass is 79.9. The molecule has 0 aliphatic rings. The summed E-state index contributed by atoms with van der Waals surface area (Å²) in [6.45, 7) is 0. The number of benzene rings is 2. The van der Waals surface area contributed by atoms with Crippen molar-refractivity contribution in [2.24, 2.45) is 5.73 Å². The minimum Gasteiger partial charge on any atom is -0.389 e. The Morgan fingerprint density at radius 2 is 1.68 bits per heavy atom. The minimum absolute atomic E-state index is 0.273. The van der Waals surface area contributed by atoms with Crippen molar-refractivity contribution < 1.29 is 8.78 Å². The Balaban J connectivity index is 2.28. The Morgan fingerprint density at radius 3 is 2.21 bits per heavy atom. The van der Waals surface area contributed by atoms with Gasteiger partial charge in [0, 0.05) is 27.5 Å². The molecule has 0 bridgehead atoms. The van der Waals surface area contributed by atoms with Gasteiger partial charge in [-0.1, -0.05) is 12.2 Å². The van der Waals surface area contributed by atoms with Crippen LogP contribution in [0.25, 0.3) is 0 Å². The van der Waals surface area contributed by atoms with Crippen molar-refractivity contribution in [1.82, 2.24) is 0 Å². The largest absolute Gasteiger partial charge is 0.389 e. The number of hydrogen-bond acceptors (Lipinski definition) is 2. The maximum Gasteiger partial charge on any atom is 0.128 e. The molecule has 0 saturated carbocycles. The predicted molar refractivity (Wildman–Crippen MR) is 79.7 cm³/mol. The second-order valence-corrected chi connectivity index (χ2v) is 5.14. The SMILES string of the molecule is NC(=S)c1ccc(Nc2cc(F)cc(F)c2)cc1Br. The van der Waals surface area contributed by atoms with Crippen molar-refractivity contribution in [3.05, 3.63) is 58.1 Å². The maximum atomic E-state index is 13.1. The lowest BCUT2D eigenvalue weighted by molar-refractivity contribution is 0.584. The molecular weight excluding hydrogens is 334 g/mol. The molecule has 2 aromatic rings. The van der Waals surface area contributed by atoms with Crippen LogP contribution in [-0.4, -0.2) is 4.99 Å². The van der Waals surface area contributed by atoms with Crippen LogP contribution in [0.4, 0.5) is 20.2 Å². The van der Waals surface area contributed by atoms with Gasteiger partial charge in [0.2, 0.25) is 0 Å². The number of nitrogens with one attached hydrogen (secondary N) is 1. The molecule has 0 heterocycles. The number of halogens is 3. The molecule has 2 nitrogen and oxygen atoms in total. The van der Waals surface area contributed by atoms with Gasteiger partial charge in [-0.3, -0.25) is 0 Å². The van der Waals surface area contributed by atoms with Crippen LogP contribution in [0.2, 0.25) is 0 Å². The van der Waals surface area contributed by atoms with Gasteiger partial charge in [-0.25, -0.2) is 8.78 Å². The van der Waals surface area contributed by atoms with E-state index in [2.05, 4.69) is 21.2 Å². The fourth-order valence-electron chi connectivity index (χ4n) is 1.59. The van der Waals surface area contributed by atoms with Crippen LogP contribution in [-0.2, 0) is 0 Å². The lowest BCUT2D eigenvalue weighted by Gasteiger charge is -2.09. The maximum absolute atomic E-state index is 13.1. The van der Waals surface area contributed by atoms with E-state index in [9.17, 15) is 8.78 Å². The Labute approximate surface area is 122 Å². The van der Waals surface area contributed by atoms with Crippen LogP contribution in [0.1, 0.15) is 5.56 Å². The van der Waals surface area contributed by atoms with Crippen LogP contribution in [0.3, 0.4) is 0 Å². The Morgan fingerprint density at radius 1 is 1.05 bits per heavy atom. The predicted octanol–water partition coefficient (Wildman–Crippen LogP) is 4.11. The van der Waals surface area contributed by atoms with E-state index in [-0.39, 0.29) is 4.99 Å². The first-order valence-corrected chi connectivity index (χ1v) is 6.48. The summed E-state index contributed by atoms with van der Waals surface area (Å²) in [5.41, 5.74) is 7.23. The standard InChI is InChI=1S/C13H9BrF2N2S/c14-12-6-9(1-2-11(12)13(17)19)18-10-4-7(15)3-8(16)5-10/h1-6,18H,(H2,17,19). The molecule has 2 aromatic carbocycles. The first-order valence-electron chi connectivity index (χ1n) is 5.28. The molecule has 0 spiro atoms. The third-order valence-electron chi connectivity index (χ3n) is 2.39. The van der Waals surface area contributed by atoms with Gasteiger partial charge >= 0.3 is 0 Å². The number of thiocarbonyl (C=S) groups is 1. The second-order valence-electron chi connectivity index (χ2n) is 3.84. The zero-order valence-corrected chi connectivity index (χ0v) is 12.0. The molecule has 0 atom stereocenters. The van der Waals surface area contributed by atoms with Gasteiger partial charge in [-0.05, 0) is 46.3 Å². The van der Waals surface area contributed by atoms with Crippen molar-refractivity contribution in [1.29, 1.82) is 0 Å². The quantitative estimate of drug-likeness (QED) is 0.824. The molecule has 0 amide bonds. The summed E-state index contributed by atoms with van der Waals surface area (Å²) < 4.78 is 26.8. The van der Waals surface area contributed by atoms with Crippen LogP contribution in [0.5, 0.6) is 0 Å². The molecule has 98 valence electrons. The van der Waals surface area contributed by atoms with Crippen LogP contribution in [0, 0.1) is 11.6 Å². The molecule has 6 heteroatoms. The van der Waals surface area contributed by atoms with E-state index in [0.29, 0.717) is 21.4 Å². The van der Waals surface area contributed by atoms with E-state index < -0.39 is 11.6 Å². The van der Waals surface area contributed by atoms with Gasteiger partial charge in [0.15, 0.2) is 0 Å². The number of hydrogen-bond donors (Lipinski definition) is 2. The van der Waals surface area contributed by atoms with Crippen molar-refractivity contribution >= 4 is 44.5 Å². The van der Waals surface area contributed by atoms with E-state index in [0.717, 1.165) is 6.07 Å². The summed E-state index contributed by atoms with van der Waals surface area (Å²) in [6.07, 6.45) is 0. The van der Waals surface area contributed by atoms with Crippen LogP contribution in [0.15, 0.2) is 40.9 Å². The summed E-state index contributed by atoms with van der Waals surface area (Å²) in [6, 6.07) is 8.41. The lowest BCUT2D eigenvalue weighted by atomic mass is 10.2. The monoisotopic (exact) mass is 342 g/mol. The fourth-order valence-corrected chi connectivity index (χ4v) is 2.49. The Bertz CT molecular complexity index is 626. The highest BCUT2D eigenvalue weighted by Gasteiger charge is 2.05. The molecule has 0 saturated heterocycles. The average molecular weight is 343 g/mol. The summed E-state index contributed by atoms with van der Waals surface area (Å²) in [7, 11) is 0. The molecule has 0 unspecified atom stereocenters. The lowest BCUT2D eigenvalue weighted by Crippen LogP contribution is -2.10. The molecule has 3 N–H and O–H groups in total. The second kappa shape index (κ2) is 5.63. The summed E-state index contributed by atoms with van der Waals surface area (Å²) in [5.74, 6) is -1.28. The van der Waals surface area contributed by atoms with Crippen molar-refractivity contribution in [2.45, 2.75) is 0 Å². The van der Waals surface area contributed by atoms with Crippen molar-refractivity contribution in [2.75, 3.05) is 5.32 Å². The van der Waals surface area contributed by atoms with Gasteiger partial charge in [-0.15, -0.1) is 0 Å². The third-order valence-corrected chi connectivity index (χ3v) is 3.26. The van der Waals surface area contributed by atoms with Crippen LogP contribution >= 0.6 is 28.1 Å². The van der Waals surface area contributed by atoms with Gasteiger partial charge in [0.25, 0.3) is 0 Å². The summed E-state index contributed by atoms with van der Waals surface area (Å²) in [5, 5.41) is 2.90. The molecule has 0 aliphatic heterocycles. The van der Waals surface area contributed by atoms with E-state index in [1.54, 1.807) is 18.2 Å². The van der Waals surface area contributed by atoms with Gasteiger partial charge in [-0.2, -0.15) is 0 Å². The zero-order valence-electron chi connectivity index (χ0n) is 9.58. The molecular formula is C13H9BrF2N2S. The van der Waals surface area contributed by atoms with Gasteiger partial charge in [0.05, 0.1) is 0 Å². The first kappa shape index (κ1) is 13.9. The van der Waals surface area contributed by atoms with Crippen molar-refractivity contribution in [3.8, 4) is 0 Å².